The van der Waals surface area contributed by atoms with E-state index in [4.69, 9.17) is 0 Å². The highest BCUT2D eigenvalue weighted by Crippen LogP contribution is 2.30. The number of anilines is 1. The predicted molar refractivity (Wildman–Crippen MR) is 111 cm³/mol. The molecule has 0 atom stereocenters. The predicted octanol–water partition coefficient (Wildman–Crippen LogP) is 4.90. The number of aromatic nitrogens is 4. The fourth-order valence-corrected chi connectivity index (χ4v) is 4.83. The van der Waals surface area contributed by atoms with E-state index in [-0.39, 0.29) is 11.7 Å². The van der Waals surface area contributed by atoms with Crippen LogP contribution in [0.2, 0.25) is 0 Å². The number of fused-ring (bicyclic) bond motifs is 1. The molecule has 1 N–H and O–H groups in total. The molecule has 29 heavy (non-hydrogen) atoms. The third-order valence-corrected chi connectivity index (χ3v) is 6.46. The number of hydrogen-bond acceptors (Lipinski definition) is 5. The van der Waals surface area contributed by atoms with Crippen molar-refractivity contribution in [3.63, 3.8) is 0 Å². The minimum atomic E-state index is -0.294. The number of rotatable bonds is 6. The summed E-state index contributed by atoms with van der Waals surface area (Å²) in [7, 11) is 0. The molecule has 1 aromatic carbocycles. The molecule has 6 nitrogen and oxygen atoms in total. The molecular weight excluding hydrogens is 389 g/mol. The molecule has 0 radical (unpaired) electrons. The van der Waals surface area contributed by atoms with E-state index in [2.05, 4.69) is 34.5 Å². The molecular formula is C21H24FN5OS. The zero-order valence-electron chi connectivity index (χ0n) is 16.6. The van der Waals surface area contributed by atoms with E-state index in [0.717, 1.165) is 60.5 Å². The molecule has 1 aliphatic carbocycles. The third-order valence-electron chi connectivity index (χ3n) is 5.46. The Morgan fingerprint density at radius 1 is 1.17 bits per heavy atom. The topological polar surface area (TPSA) is 72.7 Å². The maximum Gasteiger partial charge on any atom is 0.278 e. The average Bonchev–Trinajstić information content (AvgIpc) is 3.35. The summed E-state index contributed by atoms with van der Waals surface area (Å²) in [4.78, 5) is 13.0. The van der Waals surface area contributed by atoms with Crippen LogP contribution in [0, 0.1) is 5.82 Å². The number of hydrogen-bond donors (Lipinski definition) is 1. The molecule has 2 aromatic heterocycles. The number of nitrogens with zero attached hydrogens (tertiary/aromatic N) is 4. The SMILES string of the molecule is CCC(CC)c1nnc(NC(=O)c2nn(-c3ccc(F)cc3)c3c2CCCC3)s1. The van der Waals surface area contributed by atoms with Gasteiger partial charge in [-0.1, -0.05) is 25.2 Å². The van der Waals surface area contributed by atoms with Gasteiger partial charge in [-0.2, -0.15) is 5.10 Å². The van der Waals surface area contributed by atoms with Crippen molar-refractivity contribution in [1.29, 1.82) is 0 Å². The van der Waals surface area contributed by atoms with Gasteiger partial charge >= 0.3 is 0 Å². The monoisotopic (exact) mass is 413 g/mol. The van der Waals surface area contributed by atoms with E-state index in [1.807, 2.05) is 0 Å². The van der Waals surface area contributed by atoms with Crippen molar-refractivity contribution >= 4 is 22.4 Å². The lowest BCUT2D eigenvalue weighted by molar-refractivity contribution is 0.102. The van der Waals surface area contributed by atoms with Crippen LogP contribution in [0.1, 0.15) is 72.2 Å². The van der Waals surface area contributed by atoms with Crippen LogP contribution >= 0.6 is 11.3 Å². The summed E-state index contributed by atoms with van der Waals surface area (Å²) in [5, 5.41) is 17.3. The van der Waals surface area contributed by atoms with E-state index in [1.54, 1.807) is 16.8 Å². The maximum absolute atomic E-state index is 13.3. The third kappa shape index (κ3) is 3.94. The lowest BCUT2D eigenvalue weighted by Crippen LogP contribution is -2.15. The summed E-state index contributed by atoms with van der Waals surface area (Å²) in [5.74, 6) is -0.197. The summed E-state index contributed by atoms with van der Waals surface area (Å²) in [6.07, 6.45) is 5.73. The molecule has 0 saturated heterocycles. The van der Waals surface area contributed by atoms with E-state index < -0.39 is 0 Å². The van der Waals surface area contributed by atoms with Crippen molar-refractivity contribution in [3.05, 3.63) is 52.0 Å². The van der Waals surface area contributed by atoms with E-state index >= 15 is 0 Å². The van der Waals surface area contributed by atoms with Crippen molar-refractivity contribution in [1.82, 2.24) is 20.0 Å². The summed E-state index contributed by atoms with van der Waals surface area (Å²) in [6, 6.07) is 6.19. The van der Waals surface area contributed by atoms with E-state index in [1.165, 1.54) is 23.5 Å². The first-order chi connectivity index (χ1) is 14.1. The standard InChI is InChI=1S/C21H24FN5OS/c1-3-13(4-2)20-24-25-21(29-20)23-19(28)18-16-7-5-6-8-17(16)27(26-18)15-11-9-14(22)10-12-15/h9-13H,3-8H2,1-2H3,(H,23,25,28). The van der Waals surface area contributed by atoms with Gasteiger partial charge < -0.3 is 0 Å². The van der Waals surface area contributed by atoms with Gasteiger partial charge in [0.15, 0.2) is 5.69 Å². The number of halogens is 1. The highest BCUT2D eigenvalue weighted by molar-refractivity contribution is 7.15. The molecule has 0 aliphatic heterocycles. The van der Waals surface area contributed by atoms with Gasteiger partial charge in [0.1, 0.15) is 10.8 Å². The molecule has 0 spiro atoms. The van der Waals surface area contributed by atoms with Gasteiger partial charge in [-0.15, -0.1) is 10.2 Å². The van der Waals surface area contributed by atoms with Crippen LogP contribution < -0.4 is 5.32 Å². The normalized spacial score (nSPS) is 13.5. The smallest absolute Gasteiger partial charge is 0.278 e. The Balaban J connectivity index is 1.63. The quantitative estimate of drug-likeness (QED) is 0.624. The van der Waals surface area contributed by atoms with Crippen molar-refractivity contribution < 1.29 is 9.18 Å². The van der Waals surface area contributed by atoms with Gasteiger partial charge in [0.25, 0.3) is 5.91 Å². The number of nitrogens with one attached hydrogen (secondary N) is 1. The van der Waals surface area contributed by atoms with E-state index in [0.29, 0.717) is 16.7 Å². The second kappa shape index (κ2) is 8.41. The number of benzene rings is 1. The van der Waals surface area contributed by atoms with Crippen LogP contribution in [0.25, 0.3) is 5.69 Å². The number of carbonyl (C=O) groups is 1. The summed E-state index contributed by atoms with van der Waals surface area (Å²) in [5.41, 5.74) is 3.18. The Labute approximate surface area is 173 Å². The molecule has 152 valence electrons. The Bertz CT molecular complexity index is 1010. The number of amides is 1. The van der Waals surface area contributed by atoms with Crippen LogP contribution in [0.15, 0.2) is 24.3 Å². The Kier molecular flexibility index (Phi) is 5.71. The molecule has 0 fully saturated rings. The molecule has 8 heteroatoms. The molecule has 3 aromatic rings. The minimum absolute atomic E-state index is 0.267. The second-order valence-electron chi connectivity index (χ2n) is 7.28. The molecule has 0 unspecified atom stereocenters. The zero-order valence-corrected chi connectivity index (χ0v) is 17.4. The molecule has 0 saturated carbocycles. The Morgan fingerprint density at radius 2 is 1.90 bits per heavy atom. The van der Waals surface area contributed by atoms with Crippen molar-refractivity contribution in [3.8, 4) is 5.69 Å². The molecule has 2 heterocycles. The first kappa shape index (κ1) is 19.7. The first-order valence-electron chi connectivity index (χ1n) is 10.1. The molecule has 4 rings (SSSR count). The zero-order chi connectivity index (χ0) is 20.4. The minimum Gasteiger partial charge on any atom is -0.295 e. The van der Waals surface area contributed by atoms with Crippen LogP contribution in [-0.4, -0.2) is 25.9 Å². The largest absolute Gasteiger partial charge is 0.295 e. The van der Waals surface area contributed by atoms with Crippen LogP contribution in [0.4, 0.5) is 9.52 Å². The lowest BCUT2D eigenvalue weighted by atomic mass is 9.95. The van der Waals surface area contributed by atoms with Crippen molar-refractivity contribution in [2.45, 2.75) is 58.3 Å². The highest BCUT2D eigenvalue weighted by Gasteiger charge is 2.26. The van der Waals surface area contributed by atoms with Gasteiger partial charge in [-0.25, -0.2) is 9.07 Å². The van der Waals surface area contributed by atoms with Gasteiger partial charge in [0.2, 0.25) is 5.13 Å². The Hall–Kier alpha value is -2.61. The second-order valence-corrected chi connectivity index (χ2v) is 8.29. The fourth-order valence-electron chi connectivity index (χ4n) is 3.82. The first-order valence-corrected chi connectivity index (χ1v) is 10.9. The number of carbonyl (C=O) groups excluding carboxylic acids is 1. The lowest BCUT2D eigenvalue weighted by Gasteiger charge is -2.14. The van der Waals surface area contributed by atoms with Gasteiger partial charge in [-0.05, 0) is 62.8 Å². The molecule has 1 amide bonds. The summed E-state index contributed by atoms with van der Waals surface area (Å²) >= 11 is 1.42. The average molecular weight is 414 g/mol. The van der Waals surface area contributed by atoms with Crippen LogP contribution in [0.3, 0.4) is 0 Å². The Morgan fingerprint density at radius 3 is 2.62 bits per heavy atom. The maximum atomic E-state index is 13.3. The van der Waals surface area contributed by atoms with Crippen molar-refractivity contribution in [2.24, 2.45) is 0 Å². The van der Waals surface area contributed by atoms with E-state index in [9.17, 15) is 9.18 Å². The highest BCUT2D eigenvalue weighted by atomic mass is 32.1. The molecule has 0 bridgehead atoms. The van der Waals surface area contributed by atoms with Crippen molar-refractivity contribution in [2.75, 3.05) is 5.32 Å². The van der Waals surface area contributed by atoms with Gasteiger partial charge in [0, 0.05) is 17.2 Å². The fraction of sp³-hybridized carbons (Fsp3) is 0.429. The van der Waals surface area contributed by atoms with Crippen LogP contribution in [0.5, 0.6) is 0 Å². The molecule has 1 aliphatic rings. The van der Waals surface area contributed by atoms with Gasteiger partial charge in [-0.3, -0.25) is 10.1 Å². The van der Waals surface area contributed by atoms with Gasteiger partial charge in [0.05, 0.1) is 5.69 Å². The summed E-state index contributed by atoms with van der Waals surface area (Å²) in [6.45, 7) is 4.25. The van der Waals surface area contributed by atoms with Crippen LogP contribution in [-0.2, 0) is 12.8 Å². The summed E-state index contributed by atoms with van der Waals surface area (Å²) < 4.78 is 15.1.